The number of hydrogen-bond acceptors (Lipinski definition) is 4. The van der Waals surface area contributed by atoms with E-state index in [9.17, 15) is 9.59 Å². The van der Waals surface area contributed by atoms with E-state index >= 15 is 0 Å². The average molecular weight is 319 g/mol. The van der Waals surface area contributed by atoms with Crippen molar-refractivity contribution in [3.63, 3.8) is 0 Å². The van der Waals surface area contributed by atoms with E-state index in [1.54, 1.807) is 4.90 Å². The summed E-state index contributed by atoms with van der Waals surface area (Å²) in [5, 5.41) is 0. The maximum Gasteiger partial charge on any atom is 0.310 e. The lowest BCUT2D eigenvalue weighted by Crippen LogP contribution is -2.23. The van der Waals surface area contributed by atoms with Crippen molar-refractivity contribution >= 4 is 17.6 Å². The number of hydrogen-bond donors (Lipinski definition) is 0. The van der Waals surface area contributed by atoms with Crippen molar-refractivity contribution in [2.24, 2.45) is 0 Å². The maximum absolute atomic E-state index is 11.8. The normalized spacial score (nSPS) is 14.3. The third kappa shape index (κ3) is 5.67. The molecule has 1 aliphatic heterocycles. The molecule has 1 saturated heterocycles. The molecule has 126 valence electrons. The zero-order valence-electron chi connectivity index (χ0n) is 13.8. The van der Waals surface area contributed by atoms with Crippen LogP contribution in [-0.2, 0) is 25.5 Å². The molecular weight excluding hydrogens is 294 g/mol. The van der Waals surface area contributed by atoms with Crippen LogP contribution in [0.25, 0.3) is 0 Å². The standard InChI is InChI=1S/C18H25NO4/c1-2-3-11-22-12-13-23-18(21)14-15-6-8-16(9-7-15)19-10-4-5-17(19)20/h6-9H,2-5,10-14H2,1H3. The Balaban J connectivity index is 1.70. The minimum Gasteiger partial charge on any atom is -0.463 e. The Hall–Kier alpha value is -1.88. The van der Waals surface area contributed by atoms with Gasteiger partial charge in [-0.25, -0.2) is 0 Å². The van der Waals surface area contributed by atoms with E-state index in [1.807, 2.05) is 24.3 Å². The molecule has 0 unspecified atom stereocenters. The molecular formula is C18H25NO4. The van der Waals surface area contributed by atoms with Gasteiger partial charge in [0.2, 0.25) is 5.91 Å². The van der Waals surface area contributed by atoms with Gasteiger partial charge >= 0.3 is 5.97 Å². The van der Waals surface area contributed by atoms with Crippen LogP contribution in [0.3, 0.4) is 0 Å². The number of benzene rings is 1. The highest BCUT2D eigenvalue weighted by Gasteiger charge is 2.21. The lowest BCUT2D eigenvalue weighted by atomic mass is 10.1. The molecule has 0 radical (unpaired) electrons. The molecule has 0 atom stereocenters. The number of amides is 1. The molecule has 1 aromatic carbocycles. The van der Waals surface area contributed by atoms with Crippen LogP contribution < -0.4 is 4.90 Å². The van der Waals surface area contributed by atoms with Gasteiger partial charge in [0.1, 0.15) is 6.61 Å². The van der Waals surface area contributed by atoms with E-state index < -0.39 is 0 Å². The Morgan fingerprint density at radius 3 is 2.61 bits per heavy atom. The number of carbonyl (C=O) groups excluding carboxylic acids is 2. The first-order valence-corrected chi connectivity index (χ1v) is 8.33. The van der Waals surface area contributed by atoms with Crippen molar-refractivity contribution in [1.29, 1.82) is 0 Å². The van der Waals surface area contributed by atoms with Crippen molar-refractivity contribution < 1.29 is 19.1 Å². The second-order valence-electron chi connectivity index (χ2n) is 5.68. The Kier molecular flexibility index (Phi) is 7.07. The molecule has 0 bridgehead atoms. The number of nitrogens with zero attached hydrogens (tertiary/aromatic N) is 1. The first-order valence-electron chi connectivity index (χ1n) is 8.33. The summed E-state index contributed by atoms with van der Waals surface area (Å²) in [5.41, 5.74) is 1.78. The highest BCUT2D eigenvalue weighted by molar-refractivity contribution is 5.95. The number of anilines is 1. The van der Waals surface area contributed by atoms with Crippen LogP contribution in [0.15, 0.2) is 24.3 Å². The summed E-state index contributed by atoms with van der Waals surface area (Å²) in [6, 6.07) is 7.53. The fraction of sp³-hybridized carbons (Fsp3) is 0.556. The summed E-state index contributed by atoms with van der Waals surface area (Å²) in [6.07, 6.45) is 3.89. The second-order valence-corrected chi connectivity index (χ2v) is 5.68. The number of ether oxygens (including phenoxy) is 2. The minimum atomic E-state index is -0.255. The van der Waals surface area contributed by atoms with E-state index in [2.05, 4.69) is 6.92 Å². The van der Waals surface area contributed by atoms with Crippen molar-refractivity contribution in [3.05, 3.63) is 29.8 Å². The lowest BCUT2D eigenvalue weighted by Gasteiger charge is -2.15. The maximum atomic E-state index is 11.8. The Morgan fingerprint density at radius 2 is 1.96 bits per heavy atom. The third-order valence-corrected chi connectivity index (χ3v) is 3.80. The summed E-state index contributed by atoms with van der Waals surface area (Å²) < 4.78 is 10.5. The van der Waals surface area contributed by atoms with Gasteiger partial charge in [-0.3, -0.25) is 9.59 Å². The molecule has 1 aromatic rings. The highest BCUT2D eigenvalue weighted by Crippen LogP contribution is 2.21. The Morgan fingerprint density at radius 1 is 1.17 bits per heavy atom. The first-order chi connectivity index (χ1) is 11.2. The summed E-state index contributed by atoms with van der Waals surface area (Å²) in [7, 11) is 0. The monoisotopic (exact) mass is 319 g/mol. The fourth-order valence-electron chi connectivity index (χ4n) is 2.50. The van der Waals surface area contributed by atoms with Gasteiger partial charge in [0.15, 0.2) is 0 Å². The number of esters is 1. The molecule has 23 heavy (non-hydrogen) atoms. The molecule has 0 aliphatic carbocycles. The molecule has 5 nitrogen and oxygen atoms in total. The highest BCUT2D eigenvalue weighted by atomic mass is 16.6. The zero-order chi connectivity index (χ0) is 16.5. The van der Waals surface area contributed by atoms with Gasteiger partial charge in [0.25, 0.3) is 0 Å². The van der Waals surface area contributed by atoms with Crippen LogP contribution in [-0.4, -0.2) is 38.2 Å². The molecule has 0 saturated carbocycles. The van der Waals surface area contributed by atoms with Gasteiger partial charge in [0.05, 0.1) is 13.0 Å². The molecule has 0 spiro atoms. The third-order valence-electron chi connectivity index (χ3n) is 3.80. The van der Waals surface area contributed by atoms with Gasteiger partial charge in [-0.1, -0.05) is 25.5 Å². The molecule has 1 amide bonds. The van der Waals surface area contributed by atoms with Gasteiger partial charge in [-0.05, 0) is 30.5 Å². The SMILES string of the molecule is CCCCOCCOC(=O)Cc1ccc(N2CCCC2=O)cc1. The van der Waals surface area contributed by atoms with Crippen molar-refractivity contribution in [2.75, 3.05) is 31.3 Å². The summed E-state index contributed by atoms with van der Waals surface area (Å²) in [5.74, 6) is -0.0886. The predicted octanol–water partition coefficient (Wildman–Crippen LogP) is 2.72. The Labute approximate surface area is 137 Å². The summed E-state index contributed by atoms with van der Waals surface area (Å²) >= 11 is 0. The van der Waals surface area contributed by atoms with Crippen molar-refractivity contribution in [2.45, 2.75) is 39.0 Å². The average Bonchev–Trinajstić information content (AvgIpc) is 2.97. The minimum absolute atomic E-state index is 0.167. The second kappa shape index (κ2) is 9.30. The molecule has 5 heteroatoms. The molecule has 2 rings (SSSR count). The Bertz CT molecular complexity index is 512. The van der Waals surface area contributed by atoms with Gasteiger partial charge < -0.3 is 14.4 Å². The topological polar surface area (TPSA) is 55.8 Å². The van der Waals surface area contributed by atoms with E-state index in [4.69, 9.17) is 9.47 Å². The first kappa shape index (κ1) is 17.5. The largest absolute Gasteiger partial charge is 0.463 e. The number of rotatable bonds is 9. The van der Waals surface area contributed by atoms with Gasteiger partial charge in [-0.15, -0.1) is 0 Å². The molecule has 0 N–H and O–H groups in total. The number of unbranched alkanes of at least 4 members (excludes halogenated alkanes) is 1. The van der Waals surface area contributed by atoms with Crippen LogP contribution in [0.4, 0.5) is 5.69 Å². The molecule has 1 fully saturated rings. The van der Waals surface area contributed by atoms with Crippen LogP contribution in [0.2, 0.25) is 0 Å². The molecule has 0 aromatic heterocycles. The van der Waals surface area contributed by atoms with Crippen LogP contribution in [0.1, 0.15) is 38.2 Å². The van der Waals surface area contributed by atoms with E-state index in [0.29, 0.717) is 26.2 Å². The lowest BCUT2D eigenvalue weighted by molar-refractivity contribution is -0.144. The fourth-order valence-corrected chi connectivity index (χ4v) is 2.50. The zero-order valence-corrected chi connectivity index (χ0v) is 13.8. The van der Waals surface area contributed by atoms with E-state index in [-0.39, 0.29) is 18.3 Å². The number of carbonyl (C=O) groups is 2. The summed E-state index contributed by atoms with van der Waals surface area (Å²) in [6.45, 7) is 4.34. The smallest absolute Gasteiger partial charge is 0.310 e. The van der Waals surface area contributed by atoms with Crippen LogP contribution in [0.5, 0.6) is 0 Å². The van der Waals surface area contributed by atoms with Crippen molar-refractivity contribution in [1.82, 2.24) is 0 Å². The quantitative estimate of drug-likeness (QED) is 0.519. The molecule has 1 aliphatic rings. The van der Waals surface area contributed by atoms with Gasteiger partial charge in [0, 0.05) is 25.3 Å². The van der Waals surface area contributed by atoms with E-state index in [1.165, 1.54) is 0 Å². The predicted molar refractivity (Wildman–Crippen MR) is 88.4 cm³/mol. The van der Waals surface area contributed by atoms with E-state index in [0.717, 1.165) is 37.1 Å². The van der Waals surface area contributed by atoms with Crippen LogP contribution >= 0.6 is 0 Å². The summed E-state index contributed by atoms with van der Waals surface area (Å²) in [4.78, 5) is 25.2. The molecule has 1 heterocycles. The van der Waals surface area contributed by atoms with Gasteiger partial charge in [-0.2, -0.15) is 0 Å². The van der Waals surface area contributed by atoms with Crippen molar-refractivity contribution in [3.8, 4) is 0 Å². The van der Waals surface area contributed by atoms with Crippen LogP contribution in [0, 0.1) is 0 Å².